The largest absolute Gasteiger partial charge is 0.323 e. The Balaban J connectivity index is 2.02. The van der Waals surface area contributed by atoms with Crippen molar-refractivity contribution in [3.05, 3.63) is 23.0 Å². The third-order valence-electron chi connectivity index (χ3n) is 4.09. The Morgan fingerprint density at radius 2 is 2.10 bits per heavy atom. The fourth-order valence-corrected chi connectivity index (χ4v) is 3.04. The van der Waals surface area contributed by atoms with Gasteiger partial charge in [-0.15, -0.1) is 0 Å². The second-order valence-electron chi connectivity index (χ2n) is 5.67. The lowest BCUT2D eigenvalue weighted by molar-refractivity contribution is -0.117. The molecule has 1 aromatic rings. The number of hydrogen-bond donors (Lipinski definition) is 2. The standard InChI is InChI=1S/C15H22ClN3O/c1-11-8-12(14(16)18-10-11)19-13(20)9-15(17-2)6-4-3-5-7-15/h8,10,17H,3-7,9H2,1-2H3,(H,19,20). The summed E-state index contributed by atoms with van der Waals surface area (Å²) in [5.41, 5.74) is 1.51. The fourth-order valence-electron chi connectivity index (χ4n) is 2.89. The third-order valence-corrected chi connectivity index (χ3v) is 4.39. The van der Waals surface area contributed by atoms with E-state index in [-0.39, 0.29) is 11.4 Å². The van der Waals surface area contributed by atoms with Gasteiger partial charge in [0.15, 0.2) is 5.15 Å². The lowest BCUT2D eigenvalue weighted by Gasteiger charge is -2.36. The lowest BCUT2D eigenvalue weighted by Crippen LogP contribution is -2.47. The first kappa shape index (κ1) is 15.3. The number of rotatable bonds is 4. The van der Waals surface area contributed by atoms with Crippen LogP contribution in [0, 0.1) is 6.92 Å². The van der Waals surface area contributed by atoms with Crippen LogP contribution in [-0.2, 0) is 4.79 Å². The minimum absolute atomic E-state index is 0.00412. The zero-order valence-electron chi connectivity index (χ0n) is 12.1. The number of aryl methyl sites for hydroxylation is 1. The summed E-state index contributed by atoms with van der Waals surface area (Å²) >= 11 is 6.01. The molecule has 0 unspecified atom stereocenters. The van der Waals surface area contributed by atoms with Gasteiger partial charge in [0.2, 0.25) is 5.91 Å². The minimum atomic E-state index is -0.0634. The normalized spacial score (nSPS) is 17.8. The van der Waals surface area contributed by atoms with Gasteiger partial charge < -0.3 is 10.6 Å². The highest BCUT2D eigenvalue weighted by molar-refractivity contribution is 6.32. The Kier molecular flexibility index (Phi) is 5.00. The van der Waals surface area contributed by atoms with Crippen molar-refractivity contribution in [3.63, 3.8) is 0 Å². The third kappa shape index (κ3) is 3.70. The zero-order valence-corrected chi connectivity index (χ0v) is 12.9. The van der Waals surface area contributed by atoms with Crippen molar-refractivity contribution in [2.24, 2.45) is 0 Å². The summed E-state index contributed by atoms with van der Waals surface area (Å²) in [5, 5.41) is 6.57. The molecule has 0 bridgehead atoms. The van der Waals surface area contributed by atoms with Crippen LogP contribution in [0.2, 0.25) is 5.15 Å². The molecule has 2 N–H and O–H groups in total. The molecule has 2 rings (SSSR count). The molecule has 1 aromatic heterocycles. The van der Waals surface area contributed by atoms with E-state index in [1.54, 1.807) is 6.20 Å². The number of halogens is 1. The average molecular weight is 296 g/mol. The van der Waals surface area contributed by atoms with Crippen molar-refractivity contribution in [2.75, 3.05) is 12.4 Å². The molecule has 20 heavy (non-hydrogen) atoms. The maximum Gasteiger partial charge on any atom is 0.226 e. The van der Waals surface area contributed by atoms with Gasteiger partial charge in [-0.05, 0) is 38.4 Å². The molecular formula is C15H22ClN3O. The van der Waals surface area contributed by atoms with Crippen LogP contribution in [0.15, 0.2) is 12.3 Å². The summed E-state index contributed by atoms with van der Waals surface area (Å²) in [4.78, 5) is 16.3. The maximum absolute atomic E-state index is 12.3. The molecule has 0 atom stereocenters. The van der Waals surface area contributed by atoms with E-state index in [0.29, 0.717) is 17.3 Å². The minimum Gasteiger partial charge on any atom is -0.323 e. The van der Waals surface area contributed by atoms with Gasteiger partial charge in [0, 0.05) is 18.2 Å². The number of carbonyl (C=O) groups is 1. The van der Waals surface area contributed by atoms with Gasteiger partial charge in [-0.1, -0.05) is 30.9 Å². The number of nitrogens with one attached hydrogen (secondary N) is 2. The first-order valence-electron chi connectivity index (χ1n) is 7.16. The van der Waals surface area contributed by atoms with Crippen LogP contribution in [0.3, 0.4) is 0 Å². The number of aromatic nitrogens is 1. The van der Waals surface area contributed by atoms with Gasteiger partial charge in [-0.2, -0.15) is 0 Å². The predicted molar refractivity (Wildman–Crippen MR) is 82.1 cm³/mol. The van der Waals surface area contributed by atoms with Gasteiger partial charge in [0.25, 0.3) is 0 Å². The van der Waals surface area contributed by atoms with E-state index in [4.69, 9.17) is 11.6 Å². The van der Waals surface area contributed by atoms with E-state index in [1.165, 1.54) is 19.3 Å². The number of carbonyl (C=O) groups excluding carboxylic acids is 1. The quantitative estimate of drug-likeness (QED) is 0.838. The topological polar surface area (TPSA) is 54.0 Å². The molecule has 4 nitrogen and oxygen atoms in total. The molecule has 1 heterocycles. The lowest BCUT2D eigenvalue weighted by atomic mass is 9.79. The molecule has 0 aromatic carbocycles. The van der Waals surface area contributed by atoms with Crippen LogP contribution in [0.4, 0.5) is 5.69 Å². The van der Waals surface area contributed by atoms with E-state index in [1.807, 2.05) is 20.0 Å². The maximum atomic E-state index is 12.3. The van der Waals surface area contributed by atoms with Crippen molar-refractivity contribution in [3.8, 4) is 0 Å². The van der Waals surface area contributed by atoms with Crippen LogP contribution in [0.5, 0.6) is 0 Å². The Hall–Kier alpha value is -1.13. The highest BCUT2D eigenvalue weighted by atomic mass is 35.5. The summed E-state index contributed by atoms with van der Waals surface area (Å²) in [7, 11) is 1.94. The molecule has 1 aliphatic carbocycles. The molecule has 0 spiro atoms. The van der Waals surface area contributed by atoms with Gasteiger partial charge in [0.1, 0.15) is 0 Å². The van der Waals surface area contributed by atoms with Crippen molar-refractivity contribution < 1.29 is 4.79 Å². The van der Waals surface area contributed by atoms with Crippen molar-refractivity contribution in [1.29, 1.82) is 0 Å². The highest BCUT2D eigenvalue weighted by Crippen LogP contribution is 2.31. The van der Waals surface area contributed by atoms with Crippen LogP contribution < -0.4 is 10.6 Å². The highest BCUT2D eigenvalue weighted by Gasteiger charge is 2.32. The Bertz CT molecular complexity index is 484. The number of hydrogen-bond acceptors (Lipinski definition) is 3. The number of pyridine rings is 1. The molecule has 0 saturated heterocycles. The van der Waals surface area contributed by atoms with E-state index >= 15 is 0 Å². The van der Waals surface area contributed by atoms with Crippen molar-refractivity contribution in [2.45, 2.75) is 51.0 Å². The first-order valence-corrected chi connectivity index (χ1v) is 7.53. The summed E-state index contributed by atoms with van der Waals surface area (Å²) in [6.45, 7) is 1.93. The molecule has 1 amide bonds. The number of amides is 1. The van der Waals surface area contributed by atoms with Gasteiger partial charge in [0.05, 0.1) is 5.69 Å². The molecule has 110 valence electrons. The molecule has 5 heteroatoms. The van der Waals surface area contributed by atoms with E-state index in [9.17, 15) is 4.79 Å². The summed E-state index contributed by atoms with van der Waals surface area (Å²) in [6.07, 6.45) is 7.90. The molecule has 0 radical (unpaired) electrons. The second-order valence-corrected chi connectivity index (χ2v) is 6.02. The van der Waals surface area contributed by atoms with E-state index < -0.39 is 0 Å². The van der Waals surface area contributed by atoms with Gasteiger partial charge in [-0.25, -0.2) is 4.98 Å². The first-order chi connectivity index (χ1) is 9.54. The monoisotopic (exact) mass is 295 g/mol. The van der Waals surface area contributed by atoms with Crippen LogP contribution >= 0.6 is 11.6 Å². The zero-order chi connectivity index (χ0) is 14.6. The predicted octanol–water partition coefficient (Wildman–Crippen LogP) is 3.29. The van der Waals surface area contributed by atoms with Crippen LogP contribution in [-0.4, -0.2) is 23.5 Å². The Morgan fingerprint density at radius 3 is 2.75 bits per heavy atom. The average Bonchev–Trinajstić information content (AvgIpc) is 2.44. The number of nitrogens with zero attached hydrogens (tertiary/aromatic N) is 1. The summed E-state index contributed by atoms with van der Waals surface area (Å²) < 4.78 is 0. The molecule has 1 fully saturated rings. The van der Waals surface area contributed by atoms with E-state index in [2.05, 4.69) is 15.6 Å². The van der Waals surface area contributed by atoms with E-state index in [0.717, 1.165) is 18.4 Å². The molecule has 0 aliphatic heterocycles. The van der Waals surface area contributed by atoms with Crippen LogP contribution in [0.25, 0.3) is 0 Å². The molecule has 1 aliphatic rings. The second kappa shape index (κ2) is 6.55. The van der Waals surface area contributed by atoms with Crippen molar-refractivity contribution >= 4 is 23.2 Å². The van der Waals surface area contributed by atoms with Gasteiger partial charge in [-0.3, -0.25) is 4.79 Å². The summed E-state index contributed by atoms with van der Waals surface area (Å²) in [5.74, 6) is -0.00412. The fraction of sp³-hybridized carbons (Fsp3) is 0.600. The smallest absolute Gasteiger partial charge is 0.226 e. The molecular weight excluding hydrogens is 274 g/mol. The number of anilines is 1. The van der Waals surface area contributed by atoms with Crippen LogP contribution in [0.1, 0.15) is 44.1 Å². The SMILES string of the molecule is CNC1(CC(=O)Nc2cc(C)cnc2Cl)CCCCC1. The van der Waals surface area contributed by atoms with Gasteiger partial charge >= 0.3 is 0 Å². The Labute approximate surface area is 125 Å². The Morgan fingerprint density at radius 1 is 1.40 bits per heavy atom. The summed E-state index contributed by atoms with van der Waals surface area (Å²) in [6, 6.07) is 1.85. The van der Waals surface area contributed by atoms with Crippen molar-refractivity contribution in [1.82, 2.24) is 10.3 Å². The molecule has 1 saturated carbocycles.